The van der Waals surface area contributed by atoms with E-state index in [1.807, 2.05) is 19.9 Å². The number of amides is 2. The van der Waals surface area contributed by atoms with Crippen molar-refractivity contribution in [3.63, 3.8) is 0 Å². The number of nitrogens with one attached hydrogen (secondary N) is 2. The summed E-state index contributed by atoms with van der Waals surface area (Å²) in [7, 11) is 1.48. The number of carbonyl (C=O) groups excluding carboxylic acids is 2. The third kappa shape index (κ3) is 6.79. The maximum atomic E-state index is 13.2. The first-order valence-electron chi connectivity index (χ1n) is 10.2. The van der Waals surface area contributed by atoms with Gasteiger partial charge in [-0.3, -0.25) is 9.59 Å². The molecule has 0 bridgehead atoms. The average molecular weight is 484 g/mol. The maximum absolute atomic E-state index is 13.2. The molecule has 3 aromatic rings. The van der Waals surface area contributed by atoms with Gasteiger partial charge in [0, 0.05) is 11.3 Å². The molecule has 3 rings (SSSR count). The second kappa shape index (κ2) is 11.3. The zero-order valence-electron chi connectivity index (χ0n) is 18.8. The van der Waals surface area contributed by atoms with Crippen molar-refractivity contribution in [3.8, 4) is 11.5 Å². The van der Waals surface area contributed by atoms with E-state index in [1.54, 1.807) is 36.4 Å². The molecule has 7 nitrogen and oxygen atoms in total. The van der Waals surface area contributed by atoms with E-state index in [-0.39, 0.29) is 11.6 Å². The highest BCUT2D eigenvalue weighted by molar-refractivity contribution is 6.39. The number of nitrogens with zero attached hydrogens (tertiary/aromatic N) is 1. The first-order valence-corrected chi connectivity index (χ1v) is 10.6. The second-order valence-corrected chi connectivity index (χ2v) is 7.87. The molecule has 34 heavy (non-hydrogen) atoms. The van der Waals surface area contributed by atoms with Gasteiger partial charge in [0.2, 0.25) is 0 Å². The first-order chi connectivity index (χ1) is 16.2. The smallest absolute Gasteiger partial charge is 0.329 e. The number of methoxy groups -OCH3 is 1. The Labute approximate surface area is 201 Å². The normalized spacial score (nSPS) is 10.7. The molecule has 0 saturated carbocycles. The monoisotopic (exact) mass is 483 g/mol. The summed E-state index contributed by atoms with van der Waals surface area (Å²) in [6.07, 6.45) is 1.37. The quantitative estimate of drug-likeness (QED) is 0.288. The maximum Gasteiger partial charge on any atom is 0.329 e. The van der Waals surface area contributed by atoms with E-state index in [4.69, 9.17) is 21.1 Å². The highest BCUT2D eigenvalue weighted by Crippen LogP contribution is 2.29. The largest absolute Gasteiger partial charge is 0.493 e. The number of anilines is 1. The number of hydrogen-bond acceptors (Lipinski definition) is 5. The summed E-state index contributed by atoms with van der Waals surface area (Å²) in [5, 5.41) is 6.63. The van der Waals surface area contributed by atoms with Crippen LogP contribution in [-0.2, 0) is 16.2 Å². The Morgan fingerprint density at radius 3 is 2.41 bits per heavy atom. The van der Waals surface area contributed by atoms with E-state index >= 15 is 0 Å². The topological polar surface area (TPSA) is 89.0 Å². The highest BCUT2D eigenvalue weighted by atomic mass is 35.5. The molecular weight excluding hydrogens is 461 g/mol. The molecule has 0 unspecified atom stereocenters. The summed E-state index contributed by atoms with van der Waals surface area (Å²) < 4.78 is 24.3. The van der Waals surface area contributed by atoms with Crippen molar-refractivity contribution in [1.82, 2.24) is 5.43 Å². The lowest BCUT2D eigenvalue weighted by atomic mass is 10.1. The summed E-state index contributed by atoms with van der Waals surface area (Å²) in [5.74, 6) is -1.30. The van der Waals surface area contributed by atoms with Crippen LogP contribution in [0.1, 0.15) is 22.3 Å². The fraction of sp³-hybridized carbons (Fsp3) is 0.160. The number of hydrogen-bond donors (Lipinski definition) is 2. The summed E-state index contributed by atoms with van der Waals surface area (Å²) in [4.78, 5) is 24.1. The Hall–Kier alpha value is -3.91. The standard InChI is InChI=1S/C25H23ClFN3O4/c1-15-8-16(2)10-20(9-15)29-24(31)25(32)30-28-13-17-4-7-22(23(11-17)33-3)34-14-18-5-6-19(27)12-21(18)26/h4-13H,14H2,1-3H3,(H,29,31)(H,30,32)/b28-13+. The van der Waals surface area contributed by atoms with Gasteiger partial charge in [0.15, 0.2) is 11.5 Å². The fourth-order valence-corrected chi connectivity index (χ4v) is 3.35. The molecule has 0 aliphatic heterocycles. The van der Waals surface area contributed by atoms with E-state index in [1.165, 1.54) is 25.5 Å². The molecular formula is C25H23ClFN3O4. The lowest BCUT2D eigenvalue weighted by molar-refractivity contribution is -0.136. The third-order valence-corrected chi connectivity index (χ3v) is 5.00. The number of rotatable bonds is 7. The molecule has 0 aromatic heterocycles. The van der Waals surface area contributed by atoms with Gasteiger partial charge in [-0.2, -0.15) is 5.10 Å². The number of halogens is 2. The minimum absolute atomic E-state index is 0.120. The number of carbonyl (C=O) groups is 2. The molecule has 0 aliphatic rings. The lowest BCUT2D eigenvalue weighted by Crippen LogP contribution is -2.32. The van der Waals surface area contributed by atoms with Gasteiger partial charge in [-0.05, 0) is 73.0 Å². The molecule has 0 saturated heterocycles. The van der Waals surface area contributed by atoms with Gasteiger partial charge in [0.1, 0.15) is 12.4 Å². The molecule has 2 N–H and O–H groups in total. The zero-order valence-corrected chi connectivity index (χ0v) is 19.6. The van der Waals surface area contributed by atoms with Crippen molar-refractivity contribution in [2.45, 2.75) is 20.5 Å². The van der Waals surface area contributed by atoms with Crippen LogP contribution in [0.15, 0.2) is 59.7 Å². The Morgan fingerprint density at radius 2 is 1.74 bits per heavy atom. The second-order valence-electron chi connectivity index (χ2n) is 7.46. The van der Waals surface area contributed by atoms with E-state index in [0.717, 1.165) is 11.1 Å². The number of ether oxygens (including phenoxy) is 2. The lowest BCUT2D eigenvalue weighted by Gasteiger charge is -2.12. The van der Waals surface area contributed by atoms with Crippen molar-refractivity contribution in [3.05, 3.63) is 87.7 Å². The number of hydrazone groups is 1. The van der Waals surface area contributed by atoms with Gasteiger partial charge in [-0.25, -0.2) is 9.82 Å². The van der Waals surface area contributed by atoms with Gasteiger partial charge in [0.25, 0.3) is 0 Å². The minimum atomic E-state index is -0.904. The number of aryl methyl sites for hydroxylation is 2. The van der Waals surface area contributed by atoms with Crippen LogP contribution < -0.4 is 20.2 Å². The molecule has 3 aromatic carbocycles. The van der Waals surface area contributed by atoms with Crippen molar-refractivity contribution >= 4 is 35.3 Å². The van der Waals surface area contributed by atoms with Crippen molar-refractivity contribution in [1.29, 1.82) is 0 Å². The molecule has 0 fully saturated rings. The van der Waals surface area contributed by atoms with Crippen LogP contribution >= 0.6 is 11.6 Å². The molecule has 0 atom stereocenters. The zero-order chi connectivity index (χ0) is 24.7. The molecule has 0 spiro atoms. The Bertz CT molecular complexity index is 1230. The molecule has 0 heterocycles. The SMILES string of the molecule is COc1cc(/C=N/NC(=O)C(=O)Nc2cc(C)cc(C)c2)ccc1OCc1ccc(F)cc1Cl. The van der Waals surface area contributed by atoms with Crippen LogP contribution in [0, 0.1) is 19.7 Å². The Morgan fingerprint density at radius 1 is 1.00 bits per heavy atom. The number of benzene rings is 3. The summed E-state index contributed by atoms with van der Waals surface area (Å²) in [5.41, 5.74) is 5.88. The van der Waals surface area contributed by atoms with Crippen molar-refractivity contribution < 1.29 is 23.5 Å². The van der Waals surface area contributed by atoms with Crippen LogP contribution in [-0.4, -0.2) is 25.1 Å². The molecule has 0 radical (unpaired) electrons. The van der Waals surface area contributed by atoms with Gasteiger partial charge in [-0.15, -0.1) is 0 Å². The summed E-state index contributed by atoms with van der Waals surface area (Å²) in [6.45, 7) is 3.92. The highest BCUT2D eigenvalue weighted by Gasteiger charge is 2.13. The van der Waals surface area contributed by atoms with E-state index in [9.17, 15) is 14.0 Å². The molecule has 176 valence electrons. The first kappa shape index (κ1) is 24.7. The Balaban J connectivity index is 1.58. The molecule has 0 aliphatic carbocycles. The van der Waals surface area contributed by atoms with Crippen LogP contribution in [0.4, 0.5) is 10.1 Å². The van der Waals surface area contributed by atoms with Crippen LogP contribution in [0.3, 0.4) is 0 Å². The van der Waals surface area contributed by atoms with Crippen LogP contribution in [0.25, 0.3) is 0 Å². The minimum Gasteiger partial charge on any atom is -0.493 e. The third-order valence-electron chi connectivity index (χ3n) is 4.65. The van der Waals surface area contributed by atoms with Gasteiger partial charge >= 0.3 is 11.8 Å². The van der Waals surface area contributed by atoms with Crippen molar-refractivity contribution in [2.24, 2.45) is 5.10 Å². The predicted octanol–water partition coefficient (Wildman–Crippen LogP) is 4.77. The van der Waals surface area contributed by atoms with E-state index in [0.29, 0.717) is 28.3 Å². The van der Waals surface area contributed by atoms with Crippen LogP contribution in [0.2, 0.25) is 5.02 Å². The fourth-order valence-electron chi connectivity index (χ4n) is 3.13. The van der Waals surface area contributed by atoms with E-state index in [2.05, 4.69) is 15.8 Å². The van der Waals surface area contributed by atoms with Gasteiger partial charge in [-0.1, -0.05) is 23.7 Å². The Kier molecular flexibility index (Phi) is 8.21. The predicted molar refractivity (Wildman–Crippen MR) is 129 cm³/mol. The van der Waals surface area contributed by atoms with E-state index < -0.39 is 17.6 Å². The molecule has 2 amide bonds. The summed E-state index contributed by atoms with van der Waals surface area (Å²) in [6, 6.07) is 14.6. The average Bonchev–Trinajstić information content (AvgIpc) is 2.78. The molecule has 9 heteroatoms. The van der Waals surface area contributed by atoms with Crippen LogP contribution in [0.5, 0.6) is 11.5 Å². The van der Waals surface area contributed by atoms with Gasteiger partial charge < -0.3 is 14.8 Å². The summed E-state index contributed by atoms with van der Waals surface area (Å²) >= 11 is 6.03. The van der Waals surface area contributed by atoms with Gasteiger partial charge in [0.05, 0.1) is 18.3 Å². The van der Waals surface area contributed by atoms with Crippen molar-refractivity contribution in [2.75, 3.05) is 12.4 Å².